The van der Waals surface area contributed by atoms with E-state index < -0.39 is 0 Å². The summed E-state index contributed by atoms with van der Waals surface area (Å²) in [4.78, 5) is 0. The first-order chi connectivity index (χ1) is 7.42. The topological polar surface area (TPSA) is 43.8 Å². The minimum Gasteiger partial charge on any atom is -0.330 e. The van der Waals surface area contributed by atoms with Crippen molar-refractivity contribution >= 4 is 0 Å². The highest BCUT2D eigenvalue weighted by Crippen LogP contribution is 2.19. The lowest BCUT2D eigenvalue weighted by molar-refractivity contribution is 0.495. The van der Waals surface area contributed by atoms with E-state index in [1.165, 1.54) is 5.56 Å². The number of aromatic nitrogens is 2. The van der Waals surface area contributed by atoms with Gasteiger partial charge in [-0.1, -0.05) is 30.3 Å². The molecule has 78 valence electrons. The smallest absolute Gasteiger partial charge is 0.0780 e. The molecule has 0 radical (unpaired) electrons. The highest BCUT2D eigenvalue weighted by molar-refractivity contribution is 5.19. The zero-order chi connectivity index (χ0) is 10.5. The lowest BCUT2D eigenvalue weighted by atomic mass is 10.0. The molecule has 3 nitrogen and oxygen atoms in total. The first kappa shape index (κ1) is 9.93. The van der Waals surface area contributed by atoms with Crippen molar-refractivity contribution in [2.24, 2.45) is 5.73 Å². The van der Waals surface area contributed by atoms with Crippen LogP contribution in [0, 0.1) is 0 Å². The molecule has 1 atom stereocenters. The summed E-state index contributed by atoms with van der Waals surface area (Å²) in [6, 6.07) is 12.5. The molecule has 3 heteroatoms. The number of hydrogen-bond acceptors (Lipinski definition) is 2. The van der Waals surface area contributed by atoms with Crippen molar-refractivity contribution < 1.29 is 0 Å². The van der Waals surface area contributed by atoms with Gasteiger partial charge in [-0.15, -0.1) is 0 Å². The minimum absolute atomic E-state index is 0.256. The van der Waals surface area contributed by atoms with Crippen LogP contribution in [0.1, 0.15) is 18.0 Å². The molecule has 1 heterocycles. The molecule has 2 rings (SSSR count). The van der Waals surface area contributed by atoms with Crippen LogP contribution in [0.2, 0.25) is 0 Å². The Morgan fingerprint density at radius 1 is 1.20 bits per heavy atom. The lowest BCUT2D eigenvalue weighted by Crippen LogP contribution is -2.15. The van der Waals surface area contributed by atoms with Crippen LogP contribution in [0.3, 0.4) is 0 Å². The molecule has 0 saturated heterocycles. The molecule has 0 saturated carbocycles. The second-order valence-corrected chi connectivity index (χ2v) is 3.49. The Morgan fingerprint density at radius 2 is 2.00 bits per heavy atom. The number of nitrogens with zero attached hydrogens (tertiary/aromatic N) is 2. The quantitative estimate of drug-likeness (QED) is 0.820. The minimum atomic E-state index is 0.256. The van der Waals surface area contributed by atoms with Crippen molar-refractivity contribution in [2.75, 3.05) is 6.54 Å². The van der Waals surface area contributed by atoms with Crippen molar-refractivity contribution in [3.63, 3.8) is 0 Å². The number of rotatable bonds is 4. The van der Waals surface area contributed by atoms with Gasteiger partial charge in [0.15, 0.2) is 0 Å². The monoisotopic (exact) mass is 201 g/mol. The molecule has 2 aromatic rings. The van der Waals surface area contributed by atoms with Gasteiger partial charge in [0.1, 0.15) is 0 Å². The van der Waals surface area contributed by atoms with E-state index in [2.05, 4.69) is 17.2 Å². The highest BCUT2D eigenvalue weighted by Gasteiger charge is 2.11. The predicted molar refractivity (Wildman–Crippen MR) is 60.5 cm³/mol. The molecule has 0 aliphatic heterocycles. The number of hydrogen-bond donors (Lipinski definition) is 1. The fraction of sp³-hybridized carbons (Fsp3) is 0.250. The molecule has 1 unspecified atom stereocenters. The third-order valence-corrected chi connectivity index (χ3v) is 2.47. The van der Waals surface area contributed by atoms with Crippen LogP contribution in [0.15, 0.2) is 48.8 Å². The predicted octanol–water partition coefficient (Wildman–Crippen LogP) is 1.82. The van der Waals surface area contributed by atoms with E-state index in [-0.39, 0.29) is 6.04 Å². The van der Waals surface area contributed by atoms with Gasteiger partial charge < -0.3 is 5.73 Å². The normalized spacial score (nSPS) is 12.6. The molecule has 0 bridgehead atoms. The molecular formula is C12H15N3. The Labute approximate surface area is 89.5 Å². The first-order valence-corrected chi connectivity index (χ1v) is 5.16. The largest absolute Gasteiger partial charge is 0.330 e. The van der Waals surface area contributed by atoms with E-state index in [1.807, 2.05) is 35.1 Å². The lowest BCUT2D eigenvalue weighted by Gasteiger charge is -2.16. The molecular weight excluding hydrogens is 186 g/mol. The average molecular weight is 201 g/mol. The maximum atomic E-state index is 5.63. The zero-order valence-electron chi connectivity index (χ0n) is 8.58. The summed E-state index contributed by atoms with van der Waals surface area (Å²) < 4.78 is 1.96. The number of benzene rings is 1. The molecule has 15 heavy (non-hydrogen) atoms. The van der Waals surface area contributed by atoms with Gasteiger partial charge in [0.05, 0.1) is 6.04 Å². The van der Waals surface area contributed by atoms with E-state index in [1.54, 1.807) is 6.20 Å². The molecule has 1 aromatic heterocycles. The summed E-state index contributed by atoms with van der Waals surface area (Å²) in [6.07, 6.45) is 4.69. The Bertz CT molecular complexity index is 381. The summed E-state index contributed by atoms with van der Waals surface area (Å²) in [6.45, 7) is 0.666. The third-order valence-electron chi connectivity index (χ3n) is 2.47. The van der Waals surface area contributed by atoms with E-state index in [0.29, 0.717) is 6.54 Å². The van der Waals surface area contributed by atoms with Gasteiger partial charge in [-0.3, -0.25) is 4.68 Å². The Morgan fingerprint density at radius 3 is 2.60 bits per heavy atom. The standard InChI is InChI=1S/C12H15N3/c13-8-7-12(15-10-4-9-14-15)11-5-2-1-3-6-11/h1-6,9-10,12H,7-8,13H2. The molecule has 1 aromatic carbocycles. The first-order valence-electron chi connectivity index (χ1n) is 5.16. The van der Waals surface area contributed by atoms with Crippen LogP contribution in [0.25, 0.3) is 0 Å². The van der Waals surface area contributed by atoms with Gasteiger partial charge in [-0.05, 0) is 24.6 Å². The van der Waals surface area contributed by atoms with Gasteiger partial charge >= 0.3 is 0 Å². The Kier molecular flexibility index (Phi) is 3.15. The Hall–Kier alpha value is -1.61. The third kappa shape index (κ3) is 2.25. The summed E-state index contributed by atoms with van der Waals surface area (Å²) in [5, 5.41) is 4.27. The van der Waals surface area contributed by atoms with E-state index in [0.717, 1.165) is 6.42 Å². The van der Waals surface area contributed by atoms with E-state index in [9.17, 15) is 0 Å². The van der Waals surface area contributed by atoms with Gasteiger partial charge in [0.2, 0.25) is 0 Å². The fourth-order valence-electron chi connectivity index (χ4n) is 1.75. The van der Waals surface area contributed by atoms with Crippen molar-refractivity contribution in [1.82, 2.24) is 9.78 Å². The van der Waals surface area contributed by atoms with Crippen molar-refractivity contribution in [3.8, 4) is 0 Å². The summed E-state index contributed by atoms with van der Waals surface area (Å²) in [7, 11) is 0. The van der Waals surface area contributed by atoms with Crippen molar-refractivity contribution in [3.05, 3.63) is 54.4 Å². The average Bonchev–Trinajstić information content (AvgIpc) is 2.80. The maximum Gasteiger partial charge on any atom is 0.0780 e. The zero-order valence-corrected chi connectivity index (χ0v) is 8.58. The van der Waals surface area contributed by atoms with E-state index >= 15 is 0 Å². The van der Waals surface area contributed by atoms with Crippen LogP contribution < -0.4 is 5.73 Å². The van der Waals surface area contributed by atoms with Crippen molar-refractivity contribution in [1.29, 1.82) is 0 Å². The molecule has 2 N–H and O–H groups in total. The van der Waals surface area contributed by atoms with Gasteiger partial charge in [0, 0.05) is 12.4 Å². The SMILES string of the molecule is NCCC(c1ccccc1)n1cccn1. The van der Waals surface area contributed by atoms with Crippen molar-refractivity contribution in [2.45, 2.75) is 12.5 Å². The molecule has 0 spiro atoms. The molecule has 0 fully saturated rings. The summed E-state index contributed by atoms with van der Waals surface area (Å²) >= 11 is 0. The fourth-order valence-corrected chi connectivity index (χ4v) is 1.75. The molecule has 0 amide bonds. The van der Waals surface area contributed by atoms with Gasteiger partial charge in [0.25, 0.3) is 0 Å². The molecule has 0 aliphatic rings. The van der Waals surface area contributed by atoms with Crippen LogP contribution in [-0.4, -0.2) is 16.3 Å². The second kappa shape index (κ2) is 4.75. The van der Waals surface area contributed by atoms with Crippen LogP contribution >= 0.6 is 0 Å². The summed E-state index contributed by atoms with van der Waals surface area (Å²) in [5.74, 6) is 0. The van der Waals surface area contributed by atoms with E-state index in [4.69, 9.17) is 5.73 Å². The Balaban J connectivity index is 2.28. The molecule has 0 aliphatic carbocycles. The summed E-state index contributed by atoms with van der Waals surface area (Å²) in [5.41, 5.74) is 6.89. The van der Waals surface area contributed by atoms with Gasteiger partial charge in [-0.2, -0.15) is 5.10 Å². The highest BCUT2D eigenvalue weighted by atomic mass is 15.3. The maximum absolute atomic E-state index is 5.63. The second-order valence-electron chi connectivity index (χ2n) is 3.49. The van der Waals surface area contributed by atoms with Crippen LogP contribution in [0.5, 0.6) is 0 Å². The van der Waals surface area contributed by atoms with Gasteiger partial charge in [-0.25, -0.2) is 0 Å². The number of nitrogens with two attached hydrogens (primary N) is 1. The van der Waals surface area contributed by atoms with Crippen LogP contribution in [0.4, 0.5) is 0 Å². The van der Waals surface area contributed by atoms with Crippen LogP contribution in [-0.2, 0) is 0 Å².